The van der Waals surface area contributed by atoms with Crippen LogP contribution in [-0.4, -0.2) is 45.3 Å². The molecule has 0 radical (unpaired) electrons. The number of ether oxygens (including phenoxy) is 2. The minimum absolute atomic E-state index is 0.0843. The van der Waals surface area contributed by atoms with E-state index in [1.165, 1.54) is 4.90 Å². The molecule has 0 spiro atoms. The molecule has 0 aromatic heterocycles. The summed E-state index contributed by atoms with van der Waals surface area (Å²) in [4.78, 5) is 13.0. The molecule has 2 N–H and O–H groups in total. The lowest BCUT2D eigenvalue weighted by molar-refractivity contribution is -0.871. The Hall–Kier alpha value is -1.75. The van der Waals surface area contributed by atoms with Gasteiger partial charge in [-0.3, -0.25) is 4.79 Å². The van der Waals surface area contributed by atoms with Gasteiger partial charge >= 0.3 is 0 Å². The zero-order chi connectivity index (χ0) is 16.6. The first-order valence-electron chi connectivity index (χ1n) is 7.69. The number of rotatable bonds is 8. The topological polar surface area (TPSA) is 52.0 Å². The SMILES string of the molecule is COc1ccc(OCCC[NH+](C)CC(=O)NC(C)(C)C)cc1. The predicted molar refractivity (Wildman–Crippen MR) is 87.6 cm³/mol. The summed E-state index contributed by atoms with van der Waals surface area (Å²) >= 11 is 0. The predicted octanol–water partition coefficient (Wildman–Crippen LogP) is 0.894. The number of methoxy groups -OCH3 is 1. The highest BCUT2D eigenvalue weighted by Gasteiger charge is 2.16. The molecule has 0 heterocycles. The summed E-state index contributed by atoms with van der Waals surface area (Å²) in [6.07, 6.45) is 0.903. The fourth-order valence-electron chi connectivity index (χ4n) is 2.06. The van der Waals surface area contributed by atoms with Crippen molar-refractivity contribution in [1.29, 1.82) is 0 Å². The minimum atomic E-state index is -0.172. The molecular weight excluding hydrogens is 280 g/mol. The highest BCUT2D eigenvalue weighted by Crippen LogP contribution is 2.16. The van der Waals surface area contributed by atoms with E-state index < -0.39 is 0 Å². The lowest BCUT2D eigenvalue weighted by Crippen LogP contribution is -3.10. The van der Waals surface area contributed by atoms with Crippen LogP contribution in [0.2, 0.25) is 0 Å². The van der Waals surface area contributed by atoms with E-state index in [0.717, 1.165) is 24.5 Å². The second kappa shape index (κ2) is 8.63. The molecule has 0 saturated carbocycles. The van der Waals surface area contributed by atoms with Crippen molar-refractivity contribution in [3.63, 3.8) is 0 Å². The maximum atomic E-state index is 11.8. The van der Waals surface area contributed by atoms with Gasteiger partial charge in [-0.05, 0) is 45.0 Å². The van der Waals surface area contributed by atoms with Gasteiger partial charge in [0.2, 0.25) is 0 Å². The van der Waals surface area contributed by atoms with Gasteiger partial charge in [0.25, 0.3) is 5.91 Å². The van der Waals surface area contributed by atoms with Crippen LogP contribution in [0.5, 0.6) is 11.5 Å². The van der Waals surface area contributed by atoms with E-state index in [4.69, 9.17) is 9.47 Å². The molecule has 0 aliphatic rings. The molecule has 0 saturated heterocycles. The van der Waals surface area contributed by atoms with Gasteiger partial charge in [0.15, 0.2) is 6.54 Å². The van der Waals surface area contributed by atoms with Gasteiger partial charge in [-0.25, -0.2) is 0 Å². The average Bonchev–Trinajstić information content (AvgIpc) is 2.42. The number of carbonyl (C=O) groups excluding carboxylic acids is 1. The van der Waals surface area contributed by atoms with Crippen LogP contribution in [0.3, 0.4) is 0 Å². The van der Waals surface area contributed by atoms with Crippen molar-refractivity contribution in [2.24, 2.45) is 0 Å². The van der Waals surface area contributed by atoms with Crippen LogP contribution >= 0.6 is 0 Å². The Kier molecular flexibility index (Phi) is 7.18. The number of carbonyl (C=O) groups is 1. The smallest absolute Gasteiger partial charge is 0.275 e. The molecule has 0 fully saturated rings. The highest BCUT2D eigenvalue weighted by atomic mass is 16.5. The minimum Gasteiger partial charge on any atom is -0.497 e. The molecule has 0 bridgehead atoms. The molecule has 5 heteroatoms. The third kappa shape index (κ3) is 7.88. The van der Waals surface area contributed by atoms with Crippen LogP contribution in [-0.2, 0) is 4.79 Å². The van der Waals surface area contributed by atoms with Crippen LogP contribution in [0.25, 0.3) is 0 Å². The summed E-state index contributed by atoms with van der Waals surface area (Å²) < 4.78 is 10.8. The van der Waals surface area contributed by atoms with Crippen LogP contribution in [0.1, 0.15) is 27.2 Å². The van der Waals surface area contributed by atoms with Gasteiger partial charge in [-0.1, -0.05) is 0 Å². The molecule has 1 rings (SSSR count). The molecule has 1 amide bonds. The van der Waals surface area contributed by atoms with Gasteiger partial charge in [0, 0.05) is 12.0 Å². The molecule has 5 nitrogen and oxygen atoms in total. The molecule has 1 unspecified atom stereocenters. The molecule has 1 atom stereocenters. The largest absolute Gasteiger partial charge is 0.497 e. The van der Waals surface area contributed by atoms with Crippen molar-refractivity contribution in [1.82, 2.24) is 5.32 Å². The number of amides is 1. The maximum absolute atomic E-state index is 11.8. The lowest BCUT2D eigenvalue weighted by atomic mass is 10.1. The maximum Gasteiger partial charge on any atom is 0.275 e. The fraction of sp³-hybridized carbons (Fsp3) is 0.588. The van der Waals surface area contributed by atoms with E-state index in [2.05, 4.69) is 5.32 Å². The second-order valence-electron chi connectivity index (χ2n) is 6.56. The molecule has 0 aliphatic heterocycles. The van der Waals surface area contributed by atoms with Gasteiger partial charge in [0.1, 0.15) is 11.5 Å². The van der Waals surface area contributed by atoms with Crippen molar-refractivity contribution in [2.45, 2.75) is 32.7 Å². The Balaban J connectivity index is 2.19. The number of hydrogen-bond donors (Lipinski definition) is 2. The third-order valence-corrected chi connectivity index (χ3v) is 3.05. The van der Waals surface area contributed by atoms with Crippen molar-refractivity contribution < 1.29 is 19.2 Å². The van der Waals surface area contributed by atoms with E-state index in [-0.39, 0.29) is 11.4 Å². The standard InChI is InChI=1S/C17H28N2O3/c1-17(2,3)18-16(20)13-19(4)11-6-12-22-15-9-7-14(21-5)8-10-15/h7-10H,6,11-13H2,1-5H3,(H,18,20)/p+1. The van der Waals surface area contributed by atoms with Gasteiger partial charge in [0.05, 0.1) is 27.3 Å². The zero-order valence-corrected chi connectivity index (χ0v) is 14.4. The second-order valence-corrected chi connectivity index (χ2v) is 6.56. The quantitative estimate of drug-likeness (QED) is 0.701. The van der Waals surface area contributed by atoms with Crippen molar-refractivity contribution in [2.75, 3.05) is 33.9 Å². The fourth-order valence-corrected chi connectivity index (χ4v) is 2.06. The summed E-state index contributed by atoms with van der Waals surface area (Å²) in [5, 5.41) is 2.97. The summed E-state index contributed by atoms with van der Waals surface area (Å²) in [5.74, 6) is 1.74. The molecule has 22 heavy (non-hydrogen) atoms. The normalized spacial score (nSPS) is 12.6. The van der Waals surface area contributed by atoms with Crippen molar-refractivity contribution >= 4 is 5.91 Å². The van der Waals surface area contributed by atoms with E-state index in [1.807, 2.05) is 52.1 Å². The molecule has 124 valence electrons. The van der Waals surface area contributed by atoms with Crippen LogP contribution < -0.4 is 19.7 Å². The Bertz CT molecular complexity index is 452. The molecule has 1 aromatic rings. The average molecular weight is 309 g/mol. The van der Waals surface area contributed by atoms with Crippen LogP contribution in [0.15, 0.2) is 24.3 Å². The summed E-state index contributed by atoms with van der Waals surface area (Å²) in [7, 11) is 3.67. The Morgan fingerprint density at radius 3 is 2.32 bits per heavy atom. The number of hydrogen-bond acceptors (Lipinski definition) is 3. The van der Waals surface area contributed by atoms with Crippen LogP contribution in [0.4, 0.5) is 0 Å². The summed E-state index contributed by atoms with van der Waals surface area (Å²) in [6.45, 7) is 7.99. The first-order chi connectivity index (χ1) is 10.3. The molecular formula is C17H29N2O3+. The summed E-state index contributed by atoms with van der Waals surface area (Å²) in [5.41, 5.74) is -0.172. The third-order valence-electron chi connectivity index (χ3n) is 3.05. The van der Waals surface area contributed by atoms with E-state index in [1.54, 1.807) is 7.11 Å². The number of likely N-dealkylation sites (N-methyl/N-ethyl adjacent to an activating group) is 1. The van der Waals surface area contributed by atoms with Crippen molar-refractivity contribution in [3.8, 4) is 11.5 Å². The van der Waals surface area contributed by atoms with Crippen LogP contribution in [0, 0.1) is 0 Å². The Morgan fingerprint density at radius 2 is 1.77 bits per heavy atom. The van der Waals surface area contributed by atoms with Crippen molar-refractivity contribution in [3.05, 3.63) is 24.3 Å². The first kappa shape index (κ1) is 18.3. The summed E-state index contributed by atoms with van der Waals surface area (Å²) in [6, 6.07) is 7.55. The number of nitrogens with one attached hydrogen (secondary N) is 2. The first-order valence-corrected chi connectivity index (χ1v) is 7.69. The van der Waals surface area contributed by atoms with E-state index >= 15 is 0 Å². The van der Waals surface area contributed by atoms with E-state index in [9.17, 15) is 4.79 Å². The monoisotopic (exact) mass is 309 g/mol. The molecule has 0 aliphatic carbocycles. The highest BCUT2D eigenvalue weighted by molar-refractivity contribution is 5.77. The zero-order valence-electron chi connectivity index (χ0n) is 14.4. The Morgan fingerprint density at radius 1 is 1.18 bits per heavy atom. The van der Waals surface area contributed by atoms with E-state index in [0.29, 0.717) is 13.2 Å². The number of quaternary nitrogens is 1. The lowest BCUT2D eigenvalue weighted by Gasteiger charge is -2.22. The van der Waals surface area contributed by atoms with Gasteiger partial charge < -0.3 is 19.7 Å². The number of benzene rings is 1. The van der Waals surface area contributed by atoms with Gasteiger partial charge in [-0.2, -0.15) is 0 Å². The van der Waals surface area contributed by atoms with Gasteiger partial charge in [-0.15, -0.1) is 0 Å². The molecule has 1 aromatic carbocycles. The Labute approximate surface area is 133 Å².